The van der Waals surface area contributed by atoms with Crippen LogP contribution >= 0.6 is 15.9 Å². The van der Waals surface area contributed by atoms with Crippen molar-refractivity contribution in [3.63, 3.8) is 0 Å². The van der Waals surface area contributed by atoms with Gasteiger partial charge in [0.05, 0.1) is 25.8 Å². The minimum absolute atomic E-state index is 0.00361. The molecule has 27 heavy (non-hydrogen) atoms. The lowest BCUT2D eigenvalue weighted by Gasteiger charge is -2.16. The third-order valence-electron chi connectivity index (χ3n) is 3.39. The normalized spacial score (nSPS) is 10.4. The lowest BCUT2D eigenvalue weighted by molar-refractivity contribution is -0.119. The highest BCUT2D eigenvalue weighted by Gasteiger charge is 2.12. The molecule has 0 aliphatic heterocycles. The summed E-state index contributed by atoms with van der Waals surface area (Å²) in [6.07, 6.45) is 1.58. The second-order valence-electron chi connectivity index (χ2n) is 5.70. The molecule has 1 aromatic heterocycles. The SMILES string of the molecule is COC(=O)c1cccc(NC(=O)CN(C)CC(=O)Nc2ccc(Br)cn2)c1. The minimum atomic E-state index is -0.485. The second kappa shape index (κ2) is 9.79. The number of nitrogens with zero attached hydrogens (tertiary/aromatic N) is 2. The van der Waals surface area contributed by atoms with Crippen molar-refractivity contribution in [2.24, 2.45) is 0 Å². The van der Waals surface area contributed by atoms with Crippen LogP contribution in [0.4, 0.5) is 11.5 Å². The van der Waals surface area contributed by atoms with Crippen LogP contribution in [0.1, 0.15) is 10.4 Å². The van der Waals surface area contributed by atoms with Crippen molar-refractivity contribution >= 4 is 45.2 Å². The molecule has 142 valence electrons. The van der Waals surface area contributed by atoms with E-state index in [4.69, 9.17) is 0 Å². The summed E-state index contributed by atoms with van der Waals surface area (Å²) in [5.74, 6) is -0.649. The molecule has 0 atom stereocenters. The van der Waals surface area contributed by atoms with Gasteiger partial charge in [-0.3, -0.25) is 14.5 Å². The maximum absolute atomic E-state index is 12.1. The Bertz CT molecular complexity index is 826. The first-order valence-corrected chi connectivity index (χ1v) is 8.75. The van der Waals surface area contributed by atoms with Crippen LogP contribution in [0.2, 0.25) is 0 Å². The summed E-state index contributed by atoms with van der Waals surface area (Å²) >= 11 is 3.27. The summed E-state index contributed by atoms with van der Waals surface area (Å²) in [6.45, 7) is 0.0248. The minimum Gasteiger partial charge on any atom is -0.465 e. The average Bonchev–Trinajstić information content (AvgIpc) is 2.62. The number of pyridine rings is 1. The molecule has 2 aromatic rings. The first-order valence-electron chi connectivity index (χ1n) is 7.95. The highest BCUT2D eigenvalue weighted by Crippen LogP contribution is 2.12. The number of esters is 1. The van der Waals surface area contributed by atoms with E-state index >= 15 is 0 Å². The number of carbonyl (C=O) groups excluding carboxylic acids is 3. The van der Waals surface area contributed by atoms with E-state index in [0.717, 1.165) is 4.47 Å². The van der Waals surface area contributed by atoms with Crippen molar-refractivity contribution in [1.82, 2.24) is 9.88 Å². The number of ether oxygens (including phenoxy) is 1. The van der Waals surface area contributed by atoms with Gasteiger partial charge in [0.2, 0.25) is 11.8 Å². The van der Waals surface area contributed by atoms with Gasteiger partial charge in [-0.1, -0.05) is 6.07 Å². The summed E-state index contributed by atoms with van der Waals surface area (Å²) in [7, 11) is 2.94. The smallest absolute Gasteiger partial charge is 0.337 e. The van der Waals surface area contributed by atoms with Gasteiger partial charge in [-0.15, -0.1) is 0 Å². The highest BCUT2D eigenvalue weighted by molar-refractivity contribution is 9.10. The molecule has 8 nitrogen and oxygen atoms in total. The predicted octanol–water partition coefficient (Wildman–Crippen LogP) is 2.14. The van der Waals surface area contributed by atoms with E-state index in [1.807, 2.05) is 0 Å². The van der Waals surface area contributed by atoms with Crippen molar-refractivity contribution in [1.29, 1.82) is 0 Å². The van der Waals surface area contributed by atoms with Crippen LogP contribution in [0.5, 0.6) is 0 Å². The van der Waals surface area contributed by atoms with Crippen molar-refractivity contribution < 1.29 is 19.1 Å². The first kappa shape index (κ1) is 20.5. The molecule has 9 heteroatoms. The van der Waals surface area contributed by atoms with Crippen molar-refractivity contribution in [3.8, 4) is 0 Å². The average molecular weight is 435 g/mol. The molecule has 0 aliphatic carbocycles. The number of hydrogen-bond donors (Lipinski definition) is 2. The second-order valence-corrected chi connectivity index (χ2v) is 6.62. The Labute approximate surface area is 165 Å². The molecule has 0 aliphatic rings. The molecular weight excluding hydrogens is 416 g/mol. The Kier molecular flexibility index (Phi) is 7.44. The van der Waals surface area contributed by atoms with Crippen LogP contribution in [0.25, 0.3) is 0 Å². The zero-order chi connectivity index (χ0) is 19.8. The van der Waals surface area contributed by atoms with Crippen molar-refractivity contribution in [3.05, 3.63) is 52.6 Å². The van der Waals surface area contributed by atoms with Crippen LogP contribution in [-0.2, 0) is 14.3 Å². The summed E-state index contributed by atoms with van der Waals surface area (Å²) in [5, 5.41) is 5.34. The van der Waals surface area contributed by atoms with Crippen molar-refractivity contribution in [2.75, 3.05) is 37.9 Å². The van der Waals surface area contributed by atoms with Gasteiger partial charge in [-0.25, -0.2) is 9.78 Å². The molecule has 1 heterocycles. The fraction of sp³-hybridized carbons (Fsp3) is 0.222. The van der Waals surface area contributed by atoms with Gasteiger partial charge in [0.1, 0.15) is 5.82 Å². The largest absolute Gasteiger partial charge is 0.465 e. The third-order valence-corrected chi connectivity index (χ3v) is 3.86. The molecule has 1 aromatic carbocycles. The molecule has 0 spiro atoms. The van der Waals surface area contributed by atoms with Gasteiger partial charge in [0.25, 0.3) is 0 Å². The molecule has 0 fully saturated rings. The zero-order valence-electron chi connectivity index (χ0n) is 14.9. The van der Waals surface area contributed by atoms with Gasteiger partial charge in [-0.2, -0.15) is 0 Å². The Morgan fingerprint density at radius 2 is 1.81 bits per heavy atom. The van der Waals surface area contributed by atoms with Gasteiger partial charge in [-0.05, 0) is 53.3 Å². The maximum atomic E-state index is 12.1. The van der Waals surface area contributed by atoms with Crippen LogP contribution in [-0.4, -0.2) is 54.9 Å². The number of benzene rings is 1. The molecular formula is C18H19BrN4O4. The third kappa shape index (κ3) is 6.80. The van der Waals surface area contributed by atoms with E-state index in [9.17, 15) is 14.4 Å². The fourth-order valence-corrected chi connectivity index (χ4v) is 2.46. The molecule has 0 unspecified atom stereocenters. The van der Waals surface area contributed by atoms with Crippen molar-refractivity contribution in [2.45, 2.75) is 0 Å². The number of methoxy groups -OCH3 is 1. The molecule has 0 saturated heterocycles. The molecule has 0 bridgehead atoms. The highest BCUT2D eigenvalue weighted by atomic mass is 79.9. The Morgan fingerprint density at radius 3 is 2.44 bits per heavy atom. The molecule has 2 N–H and O–H groups in total. The molecule has 0 radical (unpaired) electrons. The van der Waals surface area contributed by atoms with Crippen LogP contribution in [0.3, 0.4) is 0 Å². The molecule has 0 saturated carbocycles. The number of halogens is 1. The van der Waals surface area contributed by atoms with Gasteiger partial charge in [0.15, 0.2) is 0 Å². The van der Waals surface area contributed by atoms with Crippen LogP contribution in [0.15, 0.2) is 47.1 Å². The van der Waals surface area contributed by atoms with Gasteiger partial charge in [0, 0.05) is 16.4 Å². The Balaban J connectivity index is 1.83. The van der Waals surface area contributed by atoms with Crippen LogP contribution in [0, 0.1) is 0 Å². The molecule has 2 amide bonds. The van der Waals surface area contributed by atoms with Crippen LogP contribution < -0.4 is 10.6 Å². The zero-order valence-corrected chi connectivity index (χ0v) is 16.4. The van der Waals surface area contributed by atoms with E-state index < -0.39 is 5.97 Å². The quantitative estimate of drug-likeness (QED) is 0.647. The lowest BCUT2D eigenvalue weighted by Crippen LogP contribution is -2.36. The topological polar surface area (TPSA) is 101 Å². The number of hydrogen-bond acceptors (Lipinski definition) is 6. The van der Waals surface area contributed by atoms with E-state index in [2.05, 4.69) is 36.3 Å². The fourth-order valence-electron chi connectivity index (χ4n) is 2.22. The van der Waals surface area contributed by atoms with E-state index in [-0.39, 0.29) is 24.9 Å². The summed E-state index contributed by atoms with van der Waals surface area (Å²) < 4.78 is 5.46. The number of nitrogens with one attached hydrogen (secondary N) is 2. The predicted molar refractivity (Wildman–Crippen MR) is 104 cm³/mol. The number of likely N-dealkylation sites (N-methyl/N-ethyl adjacent to an activating group) is 1. The van der Waals surface area contributed by atoms with Gasteiger partial charge < -0.3 is 15.4 Å². The number of anilines is 2. The van der Waals surface area contributed by atoms with Gasteiger partial charge >= 0.3 is 5.97 Å². The van der Waals surface area contributed by atoms with E-state index in [0.29, 0.717) is 17.1 Å². The summed E-state index contributed by atoms with van der Waals surface area (Å²) in [4.78, 5) is 41.3. The summed E-state index contributed by atoms with van der Waals surface area (Å²) in [6, 6.07) is 9.86. The Morgan fingerprint density at radius 1 is 1.11 bits per heavy atom. The van der Waals surface area contributed by atoms with E-state index in [1.54, 1.807) is 48.5 Å². The standard InChI is InChI=1S/C18H19BrN4O4/c1-23(11-17(25)22-15-7-6-13(19)9-20-15)10-16(24)21-14-5-3-4-12(8-14)18(26)27-2/h3-9H,10-11H2,1-2H3,(H,21,24)(H,20,22,25). The Hall–Kier alpha value is -2.78. The van der Waals surface area contributed by atoms with E-state index in [1.165, 1.54) is 13.2 Å². The monoisotopic (exact) mass is 434 g/mol. The molecule has 2 rings (SSSR count). The maximum Gasteiger partial charge on any atom is 0.337 e. The summed E-state index contributed by atoms with van der Waals surface area (Å²) in [5.41, 5.74) is 0.810. The first-order chi connectivity index (χ1) is 12.9. The number of rotatable bonds is 7. The number of aromatic nitrogens is 1. The lowest BCUT2D eigenvalue weighted by atomic mass is 10.2. The number of amides is 2. The number of carbonyl (C=O) groups is 3.